The van der Waals surface area contributed by atoms with Crippen LogP contribution in [0.4, 0.5) is 14.5 Å². The number of benzene rings is 1. The highest BCUT2D eigenvalue weighted by Gasteiger charge is 2.21. The van der Waals surface area contributed by atoms with E-state index in [1.807, 2.05) is 0 Å². The standard InChI is InChI=1S/C14H14ClF2N3O2/c1-8-12(15)13(14(16)17)19-20(8)7-11(21)18-9-4-3-5-10(6-9)22-2/h3-6,14H,7H2,1-2H3,(H,18,21). The molecule has 0 unspecified atom stereocenters. The Morgan fingerprint density at radius 1 is 1.50 bits per heavy atom. The van der Waals surface area contributed by atoms with Crippen molar-refractivity contribution in [1.29, 1.82) is 0 Å². The molecule has 2 rings (SSSR count). The van der Waals surface area contributed by atoms with E-state index in [1.165, 1.54) is 14.0 Å². The number of nitrogens with one attached hydrogen (secondary N) is 1. The van der Waals surface area contributed by atoms with Gasteiger partial charge in [-0.25, -0.2) is 8.78 Å². The van der Waals surface area contributed by atoms with E-state index in [-0.39, 0.29) is 11.6 Å². The zero-order valence-corrected chi connectivity index (χ0v) is 12.7. The second kappa shape index (κ2) is 6.74. The number of halogens is 3. The van der Waals surface area contributed by atoms with Crippen molar-refractivity contribution >= 4 is 23.2 Å². The summed E-state index contributed by atoms with van der Waals surface area (Å²) in [5.41, 5.74) is 0.334. The van der Waals surface area contributed by atoms with Gasteiger partial charge in [0.1, 0.15) is 18.0 Å². The van der Waals surface area contributed by atoms with Gasteiger partial charge in [-0.1, -0.05) is 17.7 Å². The maximum atomic E-state index is 12.7. The minimum atomic E-state index is -2.78. The fraction of sp³-hybridized carbons (Fsp3) is 0.286. The molecule has 1 aromatic heterocycles. The lowest BCUT2D eigenvalue weighted by atomic mass is 10.3. The number of amides is 1. The Morgan fingerprint density at radius 2 is 2.23 bits per heavy atom. The predicted molar refractivity (Wildman–Crippen MR) is 78.6 cm³/mol. The fourth-order valence-electron chi connectivity index (χ4n) is 1.88. The second-order valence-electron chi connectivity index (χ2n) is 4.52. The molecule has 0 spiro atoms. The van der Waals surface area contributed by atoms with E-state index in [9.17, 15) is 13.6 Å². The van der Waals surface area contributed by atoms with Gasteiger partial charge in [0.15, 0.2) is 0 Å². The number of hydrogen-bond donors (Lipinski definition) is 1. The summed E-state index contributed by atoms with van der Waals surface area (Å²) >= 11 is 5.78. The van der Waals surface area contributed by atoms with Crippen LogP contribution < -0.4 is 10.1 Å². The van der Waals surface area contributed by atoms with Crippen LogP contribution in [0.5, 0.6) is 5.75 Å². The minimum absolute atomic E-state index is 0.121. The van der Waals surface area contributed by atoms with Crippen LogP contribution >= 0.6 is 11.6 Å². The zero-order valence-electron chi connectivity index (χ0n) is 11.9. The smallest absolute Gasteiger partial charge is 0.283 e. The summed E-state index contributed by atoms with van der Waals surface area (Å²) < 4.78 is 31.6. The molecule has 0 saturated heterocycles. The van der Waals surface area contributed by atoms with E-state index < -0.39 is 18.0 Å². The summed E-state index contributed by atoms with van der Waals surface area (Å²) in [6, 6.07) is 6.79. The van der Waals surface area contributed by atoms with E-state index in [4.69, 9.17) is 16.3 Å². The van der Waals surface area contributed by atoms with Gasteiger partial charge in [-0.3, -0.25) is 9.48 Å². The quantitative estimate of drug-likeness (QED) is 0.914. The van der Waals surface area contributed by atoms with Gasteiger partial charge in [-0.15, -0.1) is 0 Å². The summed E-state index contributed by atoms with van der Waals surface area (Å²) in [4.78, 5) is 12.0. The molecule has 1 amide bonds. The van der Waals surface area contributed by atoms with Gasteiger partial charge in [0.05, 0.1) is 17.8 Å². The van der Waals surface area contributed by atoms with E-state index in [1.54, 1.807) is 24.3 Å². The predicted octanol–water partition coefficient (Wildman–Crippen LogP) is 3.43. The normalized spacial score (nSPS) is 10.8. The summed E-state index contributed by atoms with van der Waals surface area (Å²) in [6.45, 7) is 1.32. The van der Waals surface area contributed by atoms with Crippen LogP contribution in [0.2, 0.25) is 5.02 Å². The molecule has 0 bridgehead atoms. The number of alkyl halides is 2. The first-order chi connectivity index (χ1) is 10.4. The summed E-state index contributed by atoms with van der Waals surface area (Å²) in [5.74, 6) is 0.187. The van der Waals surface area contributed by atoms with Crippen LogP contribution in [0.15, 0.2) is 24.3 Å². The Kier molecular flexibility index (Phi) is 4.97. The topological polar surface area (TPSA) is 56.1 Å². The van der Waals surface area contributed by atoms with Crippen LogP contribution in [-0.2, 0) is 11.3 Å². The lowest BCUT2D eigenvalue weighted by Crippen LogP contribution is -2.20. The number of methoxy groups -OCH3 is 1. The SMILES string of the molecule is COc1cccc(NC(=O)Cn2nc(C(F)F)c(Cl)c2C)c1. The number of carbonyl (C=O) groups excluding carboxylic acids is 1. The molecule has 0 aliphatic heterocycles. The highest BCUT2D eigenvalue weighted by Crippen LogP contribution is 2.28. The molecule has 1 N–H and O–H groups in total. The van der Waals surface area contributed by atoms with Gasteiger partial charge in [-0.05, 0) is 19.1 Å². The average Bonchev–Trinajstić information content (AvgIpc) is 2.76. The Bertz CT molecular complexity index is 689. The number of rotatable bonds is 5. The fourth-order valence-corrected chi connectivity index (χ4v) is 2.10. The minimum Gasteiger partial charge on any atom is -0.497 e. The van der Waals surface area contributed by atoms with Gasteiger partial charge < -0.3 is 10.1 Å². The molecule has 1 heterocycles. The van der Waals surface area contributed by atoms with E-state index in [0.29, 0.717) is 17.1 Å². The molecular weight excluding hydrogens is 316 g/mol. The van der Waals surface area contributed by atoms with E-state index in [0.717, 1.165) is 4.68 Å². The monoisotopic (exact) mass is 329 g/mol. The Morgan fingerprint density at radius 3 is 2.82 bits per heavy atom. The maximum Gasteiger partial charge on any atom is 0.283 e. The van der Waals surface area contributed by atoms with Crippen molar-refractivity contribution in [3.63, 3.8) is 0 Å². The molecule has 0 aliphatic rings. The molecule has 118 valence electrons. The van der Waals surface area contributed by atoms with Crippen molar-refractivity contribution in [3.8, 4) is 5.75 Å². The molecule has 0 aliphatic carbocycles. The highest BCUT2D eigenvalue weighted by molar-refractivity contribution is 6.31. The Labute approximate surface area is 130 Å². The molecule has 8 heteroatoms. The average molecular weight is 330 g/mol. The van der Waals surface area contributed by atoms with Crippen molar-refractivity contribution in [2.24, 2.45) is 0 Å². The number of anilines is 1. The Balaban J connectivity index is 2.10. The van der Waals surface area contributed by atoms with Crippen molar-refractivity contribution in [2.45, 2.75) is 19.9 Å². The van der Waals surface area contributed by atoms with E-state index in [2.05, 4.69) is 10.4 Å². The maximum absolute atomic E-state index is 12.7. The first-order valence-electron chi connectivity index (χ1n) is 6.37. The first kappa shape index (κ1) is 16.2. The van der Waals surface area contributed by atoms with Gasteiger partial charge in [0.2, 0.25) is 5.91 Å². The molecule has 22 heavy (non-hydrogen) atoms. The lowest BCUT2D eigenvalue weighted by Gasteiger charge is -2.08. The molecule has 0 saturated carbocycles. The number of hydrogen-bond acceptors (Lipinski definition) is 3. The molecule has 1 aromatic carbocycles. The summed E-state index contributed by atoms with van der Waals surface area (Å²) in [7, 11) is 1.52. The van der Waals surface area contributed by atoms with Crippen LogP contribution in [0.3, 0.4) is 0 Å². The number of nitrogens with zero attached hydrogens (tertiary/aromatic N) is 2. The second-order valence-corrected chi connectivity index (χ2v) is 4.90. The van der Waals surface area contributed by atoms with Crippen LogP contribution in [-0.4, -0.2) is 22.8 Å². The third-order valence-corrected chi connectivity index (χ3v) is 3.48. The summed E-state index contributed by atoms with van der Waals surface area (Å²) in [6.07, 6.45) is -2.78. The van der Waals surface area contributed by atoms with Crippen molar-refractivity contribution < 1.29 is 18.3 Å². The molecule has 0 fully saturated rings. The third kappa shape index (κ3) is 3.54. The lowest BCUT2D eigenvalue weighted by molar-refractivity contribution is -0.117. The van der Waals surface area contributed by atoms with Gasteiger partial charge >= 0.3 is 0 Å². The molecule has 2 aromatic rings. The van der Waals surface area contributed by atoms with Crippen molar-refractivity contribution in [1.82, 2.24) is 9.78 Å². The molecule has 0 atom stereocenters. The van der Waals surface area contributed by atoms with Gasteiger partial charge in [0.25, 0.3) is 6.43 Å². The van der Waals surface area contributed by atoms with Crippen molar-refractivity contribution in [3.05, 3.63) is 40.7 Å². The number of aromatic nitrogens is 2. The van der Waals surface area contributed by atoms with Gasteiger partial charge in [0, 0.05) is 11.8 Å². The Hall–Kier alpha value is -2.15. The first-order valence-corrected chi connectivity index (χ1v) is 6.75. The van der Waals surface area contributed by atoms with Gasteiger partial charge in [-0.2, -0.15) is 5.10 Å². The zero-order chi connectivity index (χ0) is 16.3. The highest BCUT2D eigenvalue weighted by atomic mass is 35.5. The number of ether oxygens (including phenoxy) is 1. The largest absolute Gasteiger partial charge is 0.497 e. The van der Waals surface area contributed by atoms with Crippen LogP contribution in [0.1, 0.15) is 17.8 Å². The van der Waals surface area contributed by atoms with Crippen molar-refractivity contribution in [2.75, 3.05) is 12.4 Å². The molecule has 0 radical (unpaired) electrons. The molecular formula is C14H14ClF2N3O2. The molecule has 5 nitrogen and oxygen atoms in total. The number of carbonyl (C=O) groups is 1. The third-order valence-electron chi connectivity index (χ3n) is 3.01. The van der Waals surface area contributed by atoms with Crippen LogP contribution in [0.25, 0.3) is 0 Å². The van der Waals surface area contributed by atoms with Crippen LogP contribution in [0, 0.1) is 6.92 Å². The summed E-state index contributed by atoms with van der Waals surface area (Å²) in [5, 5.41) is 6.19. The van der Waals surface area contributed by atoms with E-state index >= 15 is 0 Å².